The smallest absolute Gasteiger partial charge is 0.266 e. The first kappa shape index (κ1) is 10.9. The van der Waals surface area contributed by atoms with E-state index in [1.165, 1.54) is 0 Å². The molecule has 0 amide bonds. The van der Waals surface area contributed by atoms with Gasteiger partial charge in [-0.15, -0.1) is 0 Å². The molecule has 0 radical (unpaired) electrons. The molecule has 0 aliphatic carbocycles. The van der Waals surface area contributed by atoms with Crippen molar-refractivity contribution in [2.75, 3.05) is 20.1 Å². The third-order valence-electron chi connectivity index (χ3n) is 3.25. The summed E-state index contributed by atoms with van der Waals surface area (Å²) in [7, 11) is 2.06. The molecule has 2 rings (SSSR count). The molecular weight excluding hydrogens is 202 g/mol. The predicted octanol–water partition coefficient (Wildman–Crippen LogP) is 0.585. The van der Waals surface area contributed by atoms with Gasteiger partial charge in [0.15, 0.2) is 0 Å². The van der Waals surface area contributed by atoms with Crippen molar-refractivity contribution in [2.45, 2.75) is 19.8 Å². The summed E-state index contributed by atoms with van der Waals surface area (Å²) >= 11 is 0. The molecule has 1 aliphatic rings. The standard InChI is InChI=1S/C12H15N3O/c1-8-9-3-5-15(2)6-4-10(9)11(7-13)12(16)14-8/h3-6H2,1-2H3,(H,14,16). The number of aromatic nitrogens is 1. The van der Waals surface area contributed by atoms with Crippen molar-refractivity contribution in [3.8, 4) is 6.07 Å². The first-order valence-electron chi connectivity index (χ1n) is 5.46. The van der Waals surface area contributed by atoms with Crippen LogP contribution in [0.25, 0.3) is 0 Å². The number of H-pyrrole nitrogens is 1. The van der Waals surface area contributed by atoms with Gasteiger partial charge < -0.3 is 9.88 Å². The van der Waals surface area contributed by atoms with Crippen molar-refractivity contribution in [3.63, 3.8) is 0 Å². The summed E-state index contributed by atoms with van der Waals surface area (Å²) in [6.07, 6.45) is 1.70. The molecule has 0 spiro atoms. The second-order valence-corrected chi connectivity index (χ2v) is 4.33. The number of aromatic amines is 1. The Kier molecular flexibility index (Phi) is 2.80. The van der Waals surface area contributed by atoms with Gasteiger partial charge in [-0.25, -0.2) is 0 Å². The number of fused-ring (bicyclic) bond motifs is 1. The van der Waals surface area contributed by atoms with Crippen LogP contribution in [0.2, 0.25) is 0 Å². The zero-order valence-corrected chi connectivity index (χ0v) is 9.63. The number of nitrogens with one attached hydrogen (secondary N) is 1. The Morgan fingerprint density at radius 2 is 1.94 bits per heavy atom. The molecule has 0 atom stereocenters. The Labute approximate surface area is 94.5 Å². The monoisotopic (exact) mass is 217 g/mol. The maximum Gasteiger partial charge on any atom is 0.266 e. The highest BCUT2D eigenvalue weighted by atomic mass is 16.1. The summed E-state index contributed by atoms with van der Waals surface area (Å²) in [5.41, 5.74) is 3.07. The van der Waals surface area contributed by atoms with Gasteiger partial charge in [0.05, 0.1) is 0 Å². The van der Waals surface area contributed by atoms with Gasteiger partial charge in [-0.1, -0.05) is 0 Å². The van der Waals surface area contributed by atoms with Crippen LogP contribution in [0.5, 0.6) is 0 Å². The summed E-state index contributed by atoms with van der Waals surface area (Å²) in [5, 5.41) is 9.04. The fourth-order valence-corrected chi connectivity index (χ4v) is 2.27. The quantitative estimate of drug-likeness (QED) is 0.691. The van der Waals surface area contributed by atoms with Gasteiger partial charge in [0.2, 0.25) is 0 Å². The Morgan fingerprint density at radius 1 is 1.31 bits per heavy atom. The third-order valence-corrected chi connectivity index (χ3v) is 3.25. The molecule has 0 bridgehead atoms. The molecule has 0 aromatic carbocycles. The zero-order chi connectivity index (χ0) is 11.7. The van der Waals surface area contributed by atoms with Crippen LogP contribution >= 0.6 is 0 Å². The minimum Gasteiger partial charge on any atom is -0.325 e. The minimum absolute atomic E-state index is 0.247. The van der Waals surface area contributed by atoms with Gasteiger partial charge in [-0.05, 0) is 37.9 Å². The summed E-state index contributed by atoms with van der Waals surface area (Å²) < 4.78 is 0. The van der Waals surface area contributed by atoms with Crippen LogP contribution in [-0.2, 0) is 12.8 Å². The van der Waals surface area contributed by atoms with Crippen molar-refractivity contribution in [3.05, 3.63) is 32.7 Å². The molecule has 2 heterocycles. The third kappa shape index (κ3) is 1.74. The number of hydrogen-bond donors (Lipinski definition) is 1. The Hall–Kier alpha value is -1.60. The number of rotatable bonds is 0. The van der Waals surface area contributed by atoms with E-state index in [1.54, 1.807) is 0 Å². The lowest BCUT2D eigenvalue weighted by molar-refractivity contribution is 0.352. The highest BCUT2D eigenvalue weighted by Gasteiger charge is 2.18. The van der Waals surface area contributed by atoms with E-state index >= 15 is 0 Å². The van der Waals surface area contributed by atoms with Crippen LogP contribution < -0.4 is 5.56 Å². The number of likely N-dealkylation sites (N-methyl/N-ethyl adjacent to an activating group) is 1. The molecule has 1 aliphatic heterocycles. The van der Waals surface area contributed by atoms with Gasteiger partial charge in [0, 0.05) is 18.8 Å². The molecule has 0 saturated carbocycles. The summed E-state index contributed by atoms with van der Waals surface area (Å²) in [6.45, 7) is 3.79. The van der Waals surface area contributed by atoms with E-state index in [-0.39, 0.29) is 5.56 Å². The molecule has 16 heavy (non-hydrogen) atoms. The molecule has 4 heteroatoms. The molecule has 1 aromatic rings. The lowest BCUT2D eigenvalue weighted by Gasteiger charge is -2.11. The first-order valence-corrected chi connectivity index (χ1v) is 5.46. The Morgan fingerprint density at radius 3 is 2.56 bits per heavy atom. The number of hydrogen-bond acceptors (Lipinski definition) is 3. The maximum absolute atomic E-state index is 11.6. The highest BCUT2D eigenvalue weighted by Crippen LogP contribution is 2.18. The average molecular weight is 217 g/mol. The fraction of sp³-hybridized carbons (Fsp3) is 0.500. The SMILES string of the molecule is Cc1[nH]c(=O)c(C#N)c2c1CCN(C)CC2. The lowest BCUT2D eigenvalue weighted by atomic mass is 9.98. The van der Waals surface area contributed by atoms with Crippen molar-refractivity contribution in [2.24, 2.45) is 0 Å². The normalized spacial score (nSPS) is 16.3. The molecule has 1 aromatic heterocycles. The van der Waals surface area contributed by atoms with Crippen molar-refractivity contribution < 1.29 is 0 Å². The van der Waals surface area contributed by atoms with Gasteiger partial charge in [0.1, 0.15) is 11.6 Å². The molecule has 0 unspecified atom stereocenters. The molecule has 0 saturated heterocycles. The highest BCUT2D eigenvalue weighted by molar-refractivity contribution is 5.43. The molecule has 84 valence electrons. The number of nitriles is 1. The van der Waals surface area contributed by atoms with E-state index in [0.717, 1.165) is 42.8 Å². The molecule has 1 N–H and O–H groups in total. The van der Waals surface area contributed by atoms with Gasteiger partial charge in [0.25, 0.3) is 5.56 Å². The van der Waals surface area contributed by atoms with E-state index in [0.29, 0.717) is 5.56 Å². The van der Waals surface area contributed by atoms with Crippen molar-refractivity contribution >= 4 is 0 Å². The van der Waals surface area contributed by atoms with Crippen LogP contribution in [0.15, 0.2) is 4.79 Å². The van der Waals surface area contributed by atoms with E-state index in [4.69, 9.17) is 5.26 Å². The molecule has 0 fully saturated rings. The lowest BCUT2D eigenvalue weighted by Crippen LogP contribution is -2.21. The van der Waals surface area contributed by atoms with Crippen LogP contribution in [0.4, 0.5) is 0 Å². The number of aryl methyl sites for hydroxylation is 1. The average Bonchev–Trinajstić information content (AvgIpc) is 2.42. The van der Waals surface area contributed by atoms with E-state index in [1.807, 2.05) is 13.0 Å². The fourth-order valence-electron chi connectivity index (χ4n) is 2.27. The van der Waals surface area contributed by atoms with Crippen molar-refractivity contribution in [1.29, 1.82) is 5.26 Å². The Balaban J connectivity index is 2.62. The second kappa shape index (κ2) is 4.11. The summed E-state index contributed by atoms with van der Waals surface area (Å²) in [6, 6.07) is 2.03. The minimum atomic E-state index is -0.247. The predicted molar refractivity (Wildman–Crippen MR) is 61.4 cm³/mol. The first-order chi connectivity index (χ1) is 7.63. The molecular formula is C12H15N3O. The summed E-state index contributed by atoms with van der Waals surface area (Å²) in [4.78, 5) is 16.6. The number of pyridine rings is 1. The second-order valence-electron chi connectivity index (χ2n) is 4.33. The van der Waals surface area contributed by atoms with Crippen LogP contribution in [0.1, 0.15) is 22.4 Å². The van der Waals surface area contributed by atoms with Gasteiger partial charge >= 0.3 is 0 Å². The zero-order valence-electron chi connectivity index (χ0n) is 9.63. The Bertz CT molecular complexity index is 510. The van der Waals surface area contributed by atoms with Crippen LogP contribution in [0, 0.1) is 18.3 Å². The van der Waals surface area contributed by atoms with Crippen LogP contribution in [0.3, 0.4) is 0 Å². The van der Waals surface area contributed by atoms with Gasteiger partial charge in [-0.2, -0.15) is 5.26 Å². The maximum atomic E-state index is 11.6. The topological polar surface area (TPSA) is 59.9 Å². The van der Waals surface area contributed by atoms with Gasteiger partial charge in [-0.3, -0.25) is 4.79 Å². The molecule has 4 nitrogen and oxygen atoms in total. The van der Waals surface area contributed by atoms with Crippen molar-refractivity contribution in [1.82, 2.24) is 9.88 Å². The van der Waals surface area contributed by atoms with E-state index < -0.39 is 0 Å². The summed E-state index contributed by atoms with van der Waals surface area (Å²) in [5.74, 6) is 0. The number of nitrogens with zero attached hydrogens (tertiary/aromatic N) is 2. The largest absolute Gasteiger partial charge is 0.325 e. The van der Waals surface area contributed by atoms with E-state index in [2.05, 4.69) is 16.9 Å². The van der Waals surface area contributed by atoms with E-state index in [9.17, 15) is 4.79 Å². The van der Waals surface area contributed by atoms with Crippen LogP contribution in [-0.4, -0.2) is 30.0 Å².